The van der Waals surface area contributed by atoms with Gasteiger partial charge in [0.05, 0.1) is 0 Å². The van der Waals surface area contributed by atoms with Crippen molar-refractivity contribution < 1.29 is 9.90 Å². The summed E-state index contributed by atoms with van der Waals surface area (Å²) in [5.41, 5.74) is 3.71. The Morgan fingerprint density at radius 2 is 2.13 bits per heavy atom. The third-order valence-electron chi connectivity index (χ3n) is 2.83. The maximum absolute atomic E-state index is 11.0. The number of carbonyl (C=O) groups is 1. The quantitative estimate of drug-likeness (QED) is 0.848. The van der Waals surface area contributed by atoms with E-state index in [1.807, 2.05) is 19.1 Å². The minimum Gasteiger partial charge on any atom is -0.478 e. The fourth-order valence-electron chi connectivity index (χ4n) is 2.06. The molecule has 0 fully saturated rings. The van der Waals surface area contributed by atoms with Gasteiger partial charge in [-0.3, -0.25) is 0 Å². The Morgan fingerprint density at radius 1 is 1.40 bits per heavy atom. The second kappa shape index (κ2) is 3.81. The molecule has 0 heterocycles. The van der Waals surface area contributed by atoms with Crippen LogP contribution in [-0.2, 0) is 11.2 Å². The van der Waals surface area contributed by atoms with Crippen LogP contribution in [0.5, 0.6) is 0 Å². The van der Waals surface area contributed by atoms with Crippen molar-refractivity contribution in [1.82, 2.24) is 0 Å². The second-order valence-electron chi connectivity index (χ2n) is 3.68. The van der Waals surface area contributed by atoms with E-state index in [0.717, 1.165) is 22.0 Å². The number of aryl methyl sites for hydroxylation is 1. The number of benzene rings is 1. The first-order valence-corrected chi connectivity index (χ1v) is 5.61. The zero-order valence-corrected chi connectivity index (χ0v) is 9.97. The van der Waals surface area contributed by atoms with Crippen LogP contribution >= 0.6 is 15.9 Å². The van der Waals surface area contributed by atoms with E-state index in [1.54, 1.807) is 0 Å². The van der Waals surface area contributed by atoms with Crippen molar-refractivity contribution in [3.63, 3.8) is 0 Å². The van der Waals surface area contributed by atoms with Crippen LogP contribution < -0.4 is 0 Å². The molecule has 0 aliphatic heterocycles. The number of rotatable bonds is 1. The maximum Gasteiger partial charge on any atom is 0.331 e. The van der Waals surface area contributed by atoms with Crippen LogP contribution in [-0.4, -0.2) is 11.1 Å². The smallest absolute Gasteiger partial charge is 0.331 e. The average molecular weight is 267 g/mol. The molecule has 1 aromatic rings. The van der Waals surface area contributed by atoms with Gasteiger partial charge in [-0.25, -0.2) is 4.79 Å². The SMILES string of the molecule is CC1=C(C(=O)O)CCc2cccc(Br)c21. The molecule has 1 aliphatic rings. The van der Waals surface area contributed by atoms with Gasteiger partial charge in [0.1, 0.15) is 0 Å². The van der Waals surface area contributed by atoms with Gasteiger partial charge in [-0.15, -0.1) is 0 Å². The molecule has 0 saturated carbocycles. The summed E-state index contributed by atoms with van der Waals surface area (Å²) in [7, 11) is 0. The van der Waals surface area contributed by atoms with Crippen LogP contribution in [0.1, 0.15) is 24.5 Å². The molecular formula is C12H11BrO2. The van der Waals surface area contributed by atoms with Crippen molar-refractivity contribution in [2.45, 2.75) is 19.8 Å². The molecule has 0 unspecified atom stereocenters. The van der Waals surface area contributed by atoms with Crippen LogP contribution in [0.25, 0.3) is 5.57 Å². The molecule has 3 heteroatoms. The second-order valence-corrected chi connectivity index (χ2v) is 4.54. The molecule has 1 aliphatic carbocycles. The fourth-order valence-corrected chi connectivity index (χ4v) is 2.77. The topological polar surface area (TPSA) is 37.3 Å². The van der Waals surface area contributed by atoms with Crippen molar-refractivity contribution in [3.8, 4) is 0 Å². The minimum absolute atomic E-state index is 0.536. The summed E-state index contributed by atoms with van der Waals surface area (Å²) in [5, 5.41) is 9.05. The molecule has 15 heavy (non-hydrogen) atoms. The Balaban J connectivity index is 2.65. The Kier molecular flexibility index (Phi) is 2.65. The van der Waals surface area contributed by atoms with Gasteiger partial charge in [0.15, 0.2) is 0 Å². The van der Waals surface area contributed by atoms with Gasteiger partial charge in [-0.05, 0) is 42.5 Å². The lowest BCUT2D eigenvalue weighted by atomic mass is 9.86. The standard InChI is InChI=1S/C12H11BrO2/c1-7-9(12(14)15)6-5-8-3-2-4-10(13)11(7)8/h2-4H,5-6H2,1H3,(H,14,15). The van der Waals surface area contributed by atoms with Gasteiger partial charge >= 0.3 is 5.97 Å². The molecule has 0 spiro atoms. The van der Waals surface area contributed by atoms with E-state index >= 15 is 0 Å². The summed E-state index contributed by atoms with van der Waals surface area (Å²) in [5.74, 6) is -0.797. The zero-order chi connectivity index (χ0) is 11.0. The normalized spacial score (nSPS) is 15.1. The van der Waals surface area contributed by atoms with E-state index in [2.05, 4.69) is 22.0 Å². The third kappa shape index (κ3) is 1.72. The number of allylic oxidation sites excluding steroid dienone is 1. The molecule has 1 aromatic carbocycles. The monoisotopic (exact) mass is 266 g/mol. The fraction of sp³-hybridized carbons (Fsp3) is 0.250. The molecule has 2 nitrogen and oxygen atoms in total. The maximum atomic E-state index is 11.0. The predicted molar refractivity (Wildman–Crippen MR) is 62.7 cm³/mol. The van der Waals surface area contributed by atoms with Gasteiger partial charge in [0, 0.05) is 10.0 Å². The summed E-state index contributed by atoms with van der Waals surface area (Å²) in [6.45, 7) is 1.88. The molecule has 0 aromatic heterocycles. The molecule has 0 saturated heterocycles. The predicted octanol–water partition coefficient (Wildman–Crippen LogP) is 3.25. The van der Waals surface area contributed by atoms with Gasteiger partial charge in [0.2, 0.25) is 0 Å². The number of halogens is 1. The van der Waals surface area contributed by atoms with Crippen molar-refractivity contribution in [1.29, 1.82) is 0 Å². The number of carboxylic acid groups (broad SMARTS) is 1. The van der Waals surface area contributed by atoms with Crippen LogP contribution in [0, 0.1) is 0 Å². The van der Waals surface area contributed by atoms with Crippen LogP contribution in [0.15, 0.2) is 28.2 Å². The number of hydrogen-bond donors (Lipinski definition) is 1. The lowest BCUT2D eigenvalue weighted by molar-refractivity contribution is -0.132. The summed E-state index contributed by atoms with van der Waals surface area (Å²) in [4.78, 5) is 11.0. The first-order valence-electron chi connectivity index (χ1n) is 4.82. The highest BCUT2D eigenvalue weighted by Crippen LogP contribution is 2.35. The van der Waals surface area contributed by atoms with Crippen LogP contribution in [0.3, 0.4) is 0 Å². The highest BCUT2D eigenvalue weighted by molar-refractivity contribution is 9.10. The van der Waals surface area contributed by atoms with Crippen molar-refractivity contribution in [3.05, 3.63) is 39.4 Å². The third-order valence-corrected chi connectivity index (χ3v) is 3.49. The van der Waals surface area contributed by atoms with Gasteiger partial charge in [-0.1, -0.05) is 28.1 Å². The largest absolute Gasteiger partial charge is 0.478 e. The van der Waals surface area contributed by atoms with Crippen molar-refractivity contribution >= 4 is 27.5 Å². The van der Waals surface area contributed by atoms with Crippen LogP contribution in [0.4, 0.5) is 0 Å². The van der Waals surface area contributed by atoms with E-state index in [9.17, 15) is 4.79 Å². The van der Waals surface area contributed by atoms with Crippen LogP contribution in [0.2, 0.25) is 0 Å². The van der Waals surface area contributed by atoms with Gasteiger partial charge in [-0.2, -0.15) is 0 Å². The highest BCUT2D eigenvalue weighted by atomic mass is 79.9. The van der Waals surface area contributed by atoms with Gasteiger partial charge in [0.25, 0.3) is 0 Å². The minimum atomic E-state index is -0.797. The average Bonchev–Trinajstić information content (AvgIpc) is 2.17. The molecule has 0 atom stereocenters. The highest BCUT2D eigenvalue weighted by Gasteiger charge is 2.21. The first-order chi connectivity index (χ1) is 7.11. The lowest BCUT2D eigenvalue weighted by Crippen LogP contribution is -2.11. The Morgan fingerprint density at radius 3 is 2.80 bits per heavy atom. The first kappa shape index (κ1) is 10.4. The Hall–Kier alpha value is -1.09. The number of carboxylic acids is 1. The van der Waals surface area contributed by atoms with Gasteiger partial charge < -0.3 is 5.11 Å². The number of hydrogen-bond acceptors (Lipinski definition) is 1. The molecule has 0 radical (unpaired) electrons. The van der Waals surface area contributed by atoms with E-state index in [-0.39, 0.29) is 0 Å². The molecule has 0 amide bonds. The molecule has 1 N–H and O–H groups in total. The summed E-state index contributed by atoms with van der Waals surface area (Å²) in [6.07, 6.45) is 1.44. The molecular weight excluding hydrogens is 256 g/mol. The van der Waals surface area contributed by atoms with Crippen molar-refractivity contribution in [2.75, 3.05) is 0 Å². The Labute approximate surface area is 96.7 Å². The summed E-state index contributed by atoms with van der Waals surface area (Å²) in [6, 6.07) is 6.00. The number of fused-ring (bicyclic) bond motifs is 1. The summed E-state index contributed by atoms with van der Waals surface area (Å²) >= 11 is 3.47. The number of aliphatic carboxylic acids is 1. The lowest BCUT2D eigenvalue weighted by Gasteiger charge is -2.20. The molecule has 2 rings (SSSR count). The summed E-state index contributed by atoms with van der Waals surface area (Å²) < 4.78 is 0.982. The Bertz CT molecular complexity index is 461. The van der Waals surface area contributed by atoms with Crippen molar-refractivity contribution in [2.24, 2.45) is 0 Å². The van der Waals surface area contributed by atoms with E-state index in [0.29, 0.717) is 12.0 Å². The molecule has 78 valence electrons. The van der Waals surface area contributed by atoms with E-state index in [1.165, 1.54) is 5.56 Å². The molecule has 0 bridgehead atoms. The van der Waals surface area contributed by atoms with E-state index in [4.69, 9.17) is 5.11 Å². The zero-order valence-electron chi connectivity index (χ0n) is 8.38. The van der Waals surface area contributed by atoms with E-state index < -0.39 is 5.97 Å².